The molecule has 0 aliphatic carbocycles. The highest BCUT2D eigenvalue weighted by molar-refractivity contribution is 4.73. The summed E-state index contributed by atoms with van der Waals surface area (Å²) in [6, 6.07) is 0.312. The molecule has 102 valence electrons. The van der Waals surface area contributed by atoms with Gasteiger partial charge in [-0.05, 0) is 33.0 Å². The average Bonchev–Trinajstić information content (AvgIpc) is 2.25. The zero-order valence-electron chi connectivity index (χ0n) is 11.9. The van der Waals surface area contributed by atoms with Gasteiger partial charge in [0.1, 0.15) is 0 Å². The Hall–Kier alpha value is -0.160. The van der Waals surface area contributed by atoms with Crippen LogP contribution >= 0.6 is 0 Å². The van der Waals surface area contributed by atoms with E-state index in [9.17, 15) is 0 Å². The van der Waals surface area contributed by atoms with Crippen molar-refractivity contribution in [2.75, 3.05) is 46.9 Å². The van der Waals surface area contributed by atoms with E-state index in [0.29, 0.717) is 18.1 Å². The number of nitrogens with two attached hydrogens (primary N) is 1. The topological polar surface area (TPSA) is 41.7 Å². The highest BCUT2D eigenvalue weighted by Crippen LogP contribution is 2.07. The maximum absolute atomic E-state index is 6.05. The number of nitrogens with zero attached hydrogens (tertiary/aromatic N) is 2. The van der Waals surface area contributed by atoms with Crippen molar-refractivity contribution >= 4 is 0 Å². The Labute approximate surface area is 106 Å². The van der Waals surface area contributed by atoms with E-state index in [1.165, 1.54) is 0 Å². The van der Waals surface area contributed by atoms with Crippen molar-refractivity contribution < 1.29 is 4.74 Å². The average molecular weight is 243 g/mol. The molecule has 2 atom stereocenters. The van der Waals surface area contributed by atoms with Crippen molar-refractivity contribution in [2.45, 2.75) is 32.4 Å². The molecule has 0 amide bonds. The lowest BCUT2D eigenvalue weighted by atomic mass is 10.0. The van der Waals surface area contributed by atoms with Crippen molar-refractivity contribution in [2.24, 2.45) is 11.7 Å². The lowest BCUT2D eigenvalue weighted by Gasteiger charge is -2.33. The number of ether oxygens (including phenoxy) is 1. The minimum absolute atomic E-state index is 0.312. The van der Waals surface area contributed by atoms with Gasteiger partial charge in [-0.25, -0.2) is 0 Å². The Morgan fingerprint density at radius 3 is 2.76 bits per heavy atom. The van der Waals surface area contributed by atoms with Crippen LogP contribution in [0.25, 0.3) is 0 Å². The van der Waals surface area contributed by atoms with Gasteiger partial charge in [-0.2, -0.15) is 0 Å². The molecule has 0 aromatic carbocycles. The summed E-state index contributed by atoms with van der Waals surface area (Å²) in [5.41, 5.74) is 6.05. The first-order valence-electron chi connectivity index (χ1n) is 6.73. The smallest absolute Gasteiger partial charge is 0.0829 e. The second-order valence-corrected chi connectivity index (χ2v) is 5.71. The molecule has 0 aromatic rings. The van der Waals surface area contributed by atoms with Crippen LogP contribution in [-0.2, 0) is 4.74 Å². The van der Waals surface area contributed by atoms with Crippen LogP contribution in [0.5, 0.6) is 0 Å². The molecule has 1 aliphatic rings. The highest BCUT2D eigenvalue weighted by atomic mass is 16.5. The zero-order chi connectivity index (χ0) is 12.8. The molecule has 2 unspecified atom stereocenters. The first-order chi connectivity index (χ1) is 7.99. The molecule has 1 fully saturated rings. The van der Waals surface area contributed by atoms with Crippen molar-refractivity contribution in [3.8, 4) is 0 Å². The fourth-order valence-electron chi connectivity index (χ4n) is 2.12. The van der Waals surface area contributed by atoms with Crippen molar-refractivity contribution in [3.05, 3.63) is 0 Å². The van der Waals surface area contributed by atoms with Gasteiger partial charge in [0.2, 0.25) is 0 Å². The maximum atomic E-state index is 6.05. The van der Waals surface area contributed by atoms with Gasteiger partial charge in [0, 0.05) is 25.7 Å². The van der Waals surface area contributed by atoms with E-state index >= 15 is 0 Å². The van der Waals surface area contributed by atoms with Crippen molar-refractivity contribution in [1.29, 1.82) is 0 Å². The van der Waals surface area contributed by atoms with Crippen molar-refractivity contribution in [1.82, 2.24) is 9.80 Å². The fraction of sp³-hybridized carbons (Fsp3) is 1.00. The van der Waals surface area contributed by atoms with Gasteiger partial charge < -0.3 is 20.3 Å². The molecular formula is C13H29N3O. The molecule has 4 heteroatoms. The van der Waals surface area contributed by atoms with Gasteiger partial charge >= 0.3 is 0 Å². The molecule has 0 saturated carbocycles. The minimum atomic E-state index is 0.312. The van der Waals surface area contributed by atoms with Gasteiger partial charge in [-0.1, -0.05) is 13.8 Å². The molecule has 2 N–H and O–H groups in total. The van der Waals surface area contributed by atoms with E-state index in [-0.39, 0.29) is 0 Å². The van der Waals surface area contributed by atoms with Gasteiger partial charge in [-0.15, -0.1) is 0 Å². The summed E-state index contributed by atoms with van der Waals surface area (Å²) < 4.78 is 5.76. The first-order valence-corrected chi connectivity index (χ1v) is 6.73. The summed E-state index contributed by atoms with van der Waals surface area (Å²) in [5, 5.41) is 0. The van der Waals surface area contributed by atoms with Crippen LogP contribution in [0.2, 0.25) is 0 Å². The number of rotatable bonds is 6. The molecule has 1 aliphatic heterocycles. The lowest BCUT2D eigenvalue weighted by Crippen LogP contribution is -2.45. The standard InChI is InChI=1S/C13H29N3O/c1-11(2)13(14)5-6-15(3)9-12-10-16(4)7-8-17-12/h11-13H,5-10,14H2,1-4H3. The molecule has 0 spiro atoms. The molecule has 0 aromatic heterocycles. The van der Waals surface area contributed by atoms with Gasteiger partial charge in [0.05, 0.1) is 12.7 Å². The quantitative estimate of drug-likeness (QED) is 0.743. The Kier molecular flexibility index (Phi) is 6.41. The molecule has 17 heavy (non-hydrogen) atoms. The number of morpholine rings is 1. The molecule has 0 radical (unpaired) electrons. The van der Waals surface area contributed by atoms with Crippen LogP contribution < -0.4 is 5.73 Å². The van der Waals surface area contributed by atoms with Crippen LogP contribution in [0.1, 0.15) is 20.3 Å². The van der Waals surface area contributed by atoms with Gasteiger partial charge in [-0.3, -0.25) is 0 Å². The first kappa shape index (κ1) is 14.9. The molecule has 1 saturated heterocycles. The molecule has 1 heterocycles. The normalized spacial score (nSPS) is 24.5. The Morgan fingerprint density at radius 1 is 1.47 bits per heavy atom. The predicted octanol–water partition coefficient (Wildman–Crippen LogP) is 0.622. The number of hydrogen-bond acceptors (Lipinski definition) is 4. The molecule has 4 nitrogen and oxygen atoms in total. The lowest BCUT2D eigenvalue weighted by molar-refractivity contribution is -0.0327. The minimum Gasteiger partial charge on any atom is -0.374 e. The SMILES string of the molecule is CC(C)C(N)CCN(C)CC1CN(C)CCO1. The summed E-state index contributed by atoms with van der Waals surface area (Å²) in [7, 11) is 4.31. The summed E-state index contributed by atoms with van der Waals surface area (Å²) in [6.07, 6.45) is 1.42. The molecule has 1 rings (SSSR count). The molecule has 0 bridgehead atoms. The molecular weight excluding hydrogens is 214 g/mol. The van der Waals surface area contributed by atoms with E-state index in [1.54, 1.807) is 0 Å². The number of likely N-dealkylation sites (N-methyl/N-ethyl adjacent to an activating group) is 2. The summed E-state index contributed by atoms with van der Waals surface area (Å²) in [6.45, 7) is 9.39. The number of hydrogen-bond donors (Lipinski definition) is 1. The third-order valence-electron chi connectivity index (χ3n) is 3.56. The zero-order valence-corrected chi connectivity index (χ0v) is 11.9. The van der Waals surface area contributed by atoms with Crippen LogP contribution in [-0.4, -0.2) is 68.8 Å². The third kappa shape index (κ3) is 5.82. The summed E-state index contributed by atoms with van der Waals surface area (Å²) in [5.74, 6) is 0.570. The van der Waals surface area contributed by atoms with Gasteiger partial charge in [0.15, 0.2) is 0 Å². The Balaban J connectivity index is 2.17. The van der Waals surface area contributed by atoms with Crippen LogP contribution in [0.15, 0.2) is 0 Å². The summed E-state index contributed by atoms with van der Waals surface area (Å²) in [4.78, 5) is 4.67. The van der Waals surface area contributed by atoms with E-state index < -0.39 is 0 Å². The Morgan fingerprint density at radius 2 is 2.18 bits per heavy atom. The van der Waals surface area contributed by atoms with E-state index in [4.69, 9.17) is 10.5 Å². The Bertz CT molecular complexity index is 211. The maximum Gasteiger partial charge on any atom is 0.0829 e. The van der Waals surface area contributed by atoms with E-state index in [0.717, 1.165) is 39.2 Å². The van der Waals surface area contributed by atoms with Gasteiger partial charge in [0.25, 0.3) is 0 Å². The van der Waals surface area contributed by atoms with Crippen LogP contribution in [0, 0.1) is 5.92 Å². The third-order valence-corrected chi connectivity index (χ3v) is 3.56. The second-order valence-electron chi connectivity index (χ2n) is 5.71. The highest BCUT2D eigenvalue weighted by Gasteiger charge is 2.19. The second kappa shape index (κ2) is 7.31. The summed E-state index contributed by atoms with van der Waals surface area (Å²) >= 11 is 0. The van der Waals surface area contributed by atoms with Crippen LogP contribution in [0.3, 0.4) is 0 Å². The van der Waals surface area contributed by atoms with E-state index in [1.807, 2.05) is 0 Å². The predicted molar refractivity (Wildman–Crippen MR) is 72.2 cm³/mol. The van der Waals surface area contributed by atoms with E-state index in [2.05, 4.69) is 37.7 Å². The van der Waals surface area contributed by atoms with Crippen LogP contribution in [0.4, 0.5) is 0 Å². The monoisotopic (exact) mass is 243 g/mol. The largest absolute Gasteiger partial charge is 0.374 e. The fourth-order valence-corrected chi connectivity index (χ4v) is 2.12. The van der Waals surface area contributed by atoms with Crippen molar-refractivity contribution in [3.63, 3.8) is 0 Å².